The van der Waals surface area contributed by atoms with Gasteiger partial charge >= 0.3 is 0 Å². The van der Waals surface area contributed by atoms with Crippen LogP contribution in [0.25, 0.3) is 0 Å². The second-order valence-electron chi connectivity index (χ2n) is 8.49. The van der Waals surface area contributed by atoms with Crippen molar-refractivity contribution in [1.82, 2.24) is 10.3 Å². The SMILES string of the molecule is COC1=CCC(c2ncc(CNC(=O)c3ccc4c(c3)NC(=O)c3ccccc3O4)s2)CC1C. The number of carbonyl (C=O) groups is 2. The van der Waals surface area contributed by atoms with Gasteiger partial charge in [-0.15, -0.1) is 11.3 Å². The molecule has 5 rings (SSSR count). The zero-order valence-electron chi connectivity index (χ0n) is 19.0. The highest BCUT2D eigenvalue weighted by atomic mass is 32.1. The van der Waals surface area contributed by atoms with Crippen molar-refractivity contribution >= 4 is 28.8 Å². The Hall–Kier alpha value is -3.65. The van der Waals surface area contributed by atoms with Gasteiger partial charge in [0.25, 0.3) is 11.8 Å². The number of ether oxygens (including phenoxy) is 2. The van der Waals surface area contributed by atoms with Crippen LogP contribution in [0.15, 0.2) is 60.5 Å². The Morgan fingerprint density at radius 3 is 2.94 bits per heavy atom. The second-order valence-corrected chi connectivity index (χ2v) is 9.64. The highest BCUT2D eigenvalue weighted by molar-refractivity contribution is 7.11. The minimum absolute atomic E-state index is 0.229. The van der Waals surface area contributed by atoms with Crippen molar-refractivity contribution in [2.75, 3.05) is 12.4 Å². The molecule has 2 aliphatic rings. The summed E-state index contributed by atoms with van der Waals surface area (Å²) in [5, 5.41) is 6.88. The van der Waals surface area contributed by atoms with Crippen molar-refractivity contribution in [1.29, 1.82) is 0 Å². The number of nitrogens with one attached hydrogen (secondary N) is 2. The fourth-order valence-corrected chi connectivity index (χ4v) is 5.34. The fraction of sp³-hybridized carbons (Fsp3) is 0.269. The number of thiazole rings is 1. The maximum atomic E-state index is 12.8. The third kappa shape index (κ3) is 4.41. The number of hydrogen-bond donors (Lipinski definition) is 2. The van der Waals surface area contributed by atoms with E-state index in [1.54, 1.807) is 54.8 Å². The lowest BCUT2D eigenvalue weighted by Crippen LogP contribution is -2.22. The molecule has 2 unspecified atom stereocenters. The molecule has 2 aromatic carbocycles. The van der Waals surface area contributed by atoms with Gasteiger partial charge in [-0.3, -0.25) is 9.59 Å². The lowest BCUT2D eigenvalue weighted by molar-refractivity contribution is 0.0950. The third-order valence-electron chi connectivity index (χ3n) is 6.15. The fourth-order valence-electron chi connectivity index (χ4n) is 4.36. The average molecular weight is 476 g/mol. The molecule has 1 aliphatic carbocycles. The molecule has 0 fully saturated rings. The first-order valence-corrected chi connectivity index (χ1v) is 12.0. The van der Waals surface area contributed by atoms with E-state index >= 15 is 0 Å². The molecule has 2 heterocycles. The molecule has 0 spiro atoms. The van der Waals surface area contributed by atoms with Crippen LogP contribution in [0, 0.1) is 5.92 Å². The van der Waals surface area contributed by atoms with Crippen LogP contribution in [-0.2, 0) is 11.3 Å². The predicted molar refractivity (Wildman–Crippen MR) is 130 cm³/mol. The Bertz CT molecular complexity index is 1280. The van der Waals surface area contributed by atoms with Crippen LogP contribution in [0.3, 0.4) is 0 Å². The van der Waals surface area contributed by atoms with Crippen LogP contribution < -0.4 is 15.4 Å². The Morgan fingerprint density at radius 1 is 1.26 bits per heavy atom. The van der Waals surface area contributed by atoms with Crippen molar-refractivity contribution in [2.45, 2.75) is 32.2 Å². The van der Waals surface area contributed by atoms with Gasteiger partial charge in [0.15, 0.2) is 5.75 Å². The number of fused-ring (bicyclic) bond motifs is 2. The number of nitrogens with zero attached hydrogens (tertiary/aromatic N) is 1. The number of carbonyl (C=O) groups excluding carboxylic acids is 2. The molecule has 3 aromatic rings. The highest BCUT2D eigenvalue weighted by Gasteiger charge is 2.25. The van der Waals surface area contributed by atoms with Crippen LogP contribution in [-0.4, -0.2) is 23.9 Å². The summed E-state index contributed by atoms with van der Waals surface area (Å²) in [4.78, 5) is 31.0. The molecule has 0 radical (unpaired) electrons. The summed E-state index contributed by atoms with van der Waals surface area (Å²) in [6, 6.07) is 12.1. The van der Waals surface area contributed by atoms with E-state index in [1.807, 2.05) is 12.3 Å². The first-order chi connectivity index (χ1) is 16.5. The van der Waals surface area contributed by atoms with E-state index in [2.05, 4.69) is 28.6 Å². The van der Waals surface area contributed by atoms with E-state index in [0.29, 0.717) is 46.7 Å². The second kappa shape index (κ2) is 9.30. The molecule has 8 heteroatoms. The standard InChI is InChI=1S/C26H25N3O4S/c1-15-11-17(8-9-21(15)32-2)26-28-14-18(34-26)13-27-24(30)16-7-10-23-20(12-16)29-25(31)19-5-3-4-6-22(19)33-23/h3-7,9-10,12,14-15,17H,8,11,13H2,1-2H3,(H,27,30)(H,29,31). The normalized spacial score (nSPS) is 19.0. The highest BCUT2D eigenvalue weighted by Crippen LogP contribution is 2.38. The van der Waals surface area contributed by atoms with Gasteiger partial charge in [0.1, 0.15) is 5.75 Å². The molecular formula is C26H25N3O4S. The van der Waals surface area contributed by atoms with Crippen molar-refractivity contribution in [3.05, 3.63) is 81.5 Å². The van der Waals surface area contributed by atoms with Crippen LogP contribution in [0.1, 0.15) is 56.3 Å². The number of benzene rings is 2. The Balaban J connectivity index is 1.24. The lowest BCUT2D eigenvalue weighted by Gasteiger charge is -2.25. The molecule has 0 bridgehead atoms. The molecule has 34 heavy (non-hydrogen) atoms. The molecule has 0 saturated heterocycles. The first-order valence-electron chi connectivity index (χ1n) is 11.2. The molecule has 0 saturated carbocycles. The van der Waals surface area contributed by atoms with E-state index in [1.165, 1.54) is 0 Å². The minimum Gasteiger partial charge on any atom is -0.501 e. The molecule has 174 valence electrons. The largest absolute Gasteiger partial charge is 0.501 e. The van der Waals surface area contributed by atoms with Gasteiger partial charge in [0.2, 0.25) is 0 Å². The van der Waals surface area contributed by atoms with Crippen LogP contribution in [0.2, 0.25) is 0 Å². The van der Waals surface area contributed by atoms with E-state index < -0.39 is 0 Å². The number of hydrogen-bond acceptors (Lipinski definition) is 6. The molecule has 7 nitrogen and oxygen atoms in total. The predicted octanol–water partition coefficient (Wildman–Crippen LogP) is 5.47. The van der Waals surface area contributed by atoms with Gasteiger partial charge in [0, 0.05) is 28.5 Å². The van der Waals surface area contributed by atoms with Crippen LogP contribution in [0.5, 0.6) is 11.5 Å². The molecule has 1 aliphatic heterocycles. The molecule has 1 aromatic heterocycles. The van der Waals surface area contributed by atoms with Crippen LogP contribution >= 0.6 is 11.3 Å². The summed E-state index contributed by atoms with van der Waals surface area (Å²) in [6.07, 6.45) is 5.91. The summed E-state index contributed by atoms with van der Waals surface area (Å²) in [7, 11) is 1.72. The maximum Gasteiger partial charge on any atom is 0.259 e. The number of methoxy groups -OCH3 is 1. The van der Waals surface area contributed by atoms with Crippen molar-refractivity contribution < 1.29 is 19.1 Å². The summed E-state index contributed by atoms with van der Waals surface area (Å²) in [5.41, 5.74) is 1.35. The number of rotatable bonds is 5. The zero-order valence-corrected chi connectivity index (χ0v) is 19.8. The summed E-state index contributed by atoms with van der Waals surface area (Å²) in [6.45, 7) is 2.56. The summed E-state index contributed by atoms with van der Waals surface area (Å²) in [5.74, 6) is 2.28. The quantitative estimate of drug-likeness (QED) is 0.510. The lowest BCUT2D eigenvalue weighted by atomic mass is 9.87. The van der Waals surface area contributed by atoms with Crippen LogP contribution in [0.4, 0.5) is 5.69 Å². The van der Waals surface area contributed by atoms with E-state index in [4.69, 9.17) is 9.47 Å². The molecule has 2 atom stereocenters. The van der Waals surface area contributed by atoms with Gasteiger partial charge in [-0.2, -0.15) is 0 Å². The monoisotopic (exact) mass is 475 g/mol. The summed E-state index contributed by atoms with van der Waals surface area (Å²) < 4.78 is 11.3. The number of amides is 2. The Morgan fingerprint density at radius 2 is 2.12 bits per heavy atom. The van der Waals surface area contributed by atoms with E-state index in [-0.39, 0.29) is 11.8 Å². The van der Waals surface area contributed by atoms with E-state index in [0.717, 1.165) is 28.5 Å². The van der Waals surface area contributed by atoms with Gasteiger partial charge in [-0.05, 0) is 49.2 Å². The molecular weight excluding hydrogens is 450 g/mol. The summed E-state index contributed by atoms with van der Waals surface area (Å²) >= 11 is 1.63. The smallest absolute Gasteiger partial charge is 0.259 e. The first kappa shape index (κ1) is 22.2. The van der Waals surface area contributed by atoms with Gasteiger partial charge in [-0.25, -0.2) is 4.98 Å². The zero-order chi connectivity index (χ0) is 23.7. The number of allylic oxidation sites excluding steroid dienone is 2. The van der Waals surface area contributed by atoms with Gasteiger partial charge in [0.05, 0.1) is 35.7 Å². The van der Waals surface area contributed by atoms with Crippen molar-refractivity contribution in [3.63, 3.8) is 0 Å². The molecule has 2 amide bonds. The van der Waals surface area contributed by atoms with Gasteiger partial charge in [-0.1, -0.05) is 19.1 Å². The number of anilines is 1. The Kier molecular flexibility index (Phi) is 6.06. The van der Waals surface area contributed by atoms with Crippen molar-refractivity contribution in [2.24, 2.45) is 5.92 Å². The number of para-hydroxylation sites is 1. The van der Waals surface area contributed by atoms with E-state index in [9.17, 15) is 9.59 Å². The topological polar surface area (TPSA) is 89.5 Å². The minimum atomic E-state index is -0.270. The number of aromatic nitrogens is 1. The Labute approximate surface area is 201 Å². The third-order valence-corrected chi connectivity index (χ3v) is 7.31. The molecule has 2 N–H and O–H groups in total. The average Bonchev–Trinajstić information content (AvgIpc) is 3.27. The van der Waals surface area contributed by atoms with Crippen molar-refractivity contribution in [3.8, 4) is 11.5 Å². The maximum absolute atomic E-state index is 12.8. The van der Waals surface area contributed by atoms with Gasteiger partial charge < -0.3 is 20.1 Å².